The lowest BCUT2D eigenvalue weighted by atomic mass is 9.99. The first-order valence-electron chi connectivity index (χ1n) is 10.9. The van der Waals surface area contributed by atoms with Crippen LogP contribution in [0.25, 0.3) is 16.6 Å². The van der Waals surface area contributed by atoms with E-state index in [1.54, 1.807) is 33.7 Å². The van der Waals surface area contributed by atoms with Crippen LogP contribution in [-0.4, -0.2) is 38.7 Å². The van der Waals surface area contributed by atoms with E-state index in [0.717, 1.165) is 17.7 Å². The standard InChI is InChI=1S/C25H21F2N5O3/c1-2-20(33)31-11-10-14(12-31)17-13-32(22-21(17)25(34)30-29-24(22)28)15-6-8-16(9-7-15)35-23-18(26)4-3-5-19(23)27/h2-9,13-14H,1,10-12H2,(H2,28,29)(H,30,34). The Balaban J connectivity index is 1.54. The second kappa shape index (κ2) is 8.71. The van der Waals surface area contributed by atoms with E-state index in [0.29, 0.717) is 36.1 Å². The number of likely N-dealkylation sites (tertiary alicyclic amines) is 1. The van der Waals surface area contributed by atoms with Gasteiger partial charge in [-0.2, -0.15) is 5.10 Å². The van der Waals surface area contributed by atoms with Crippen LogP contribution in [0.3, 0.4) is 0 Å². The second-order valence-electron chi connectivity index (χ2n) is 8.24. The van der Waals surface area contributed by atoms with Gasteiger partial charge in [0.05, 0.1) is 5.39 Å². The lowest BCUT2D eigenvalue weighted by molar-refractivity contribution is -0.125. The number of H-pyrrole nitrogens is 1. The molecule has 1 fully saturated rings. The maximum Gasteiger partial charge on any atom is 0.274 e. The molecule has 10 heteroatoms. The molecular weight excluding hydrogens is 456 g/mol. The van der Waals surface area contributed by atoms with Gasteiger partial charge in [0.2, 0.25) is 5.91 Å². The summed E-state index contributed by atoms with van der Waals surface area (Å²) in [5.74, 6) is -1.98. The number of benzene rings is 2. The number of carbonyl (C=O) groups excluding carboxylic acids is 1. The van der Waals surface area contributed by atoms with Crippen LogP contribution in [0.5, 0.6) is 11.5 Å². The van der Waals surface area contributed by atoms with Gasteiger partial charge in [-0.3, -0.25) is 9.59 Å². The summed E-state index contributed by atoms with van der Waals surface area (Å²) in [7, 11) is 0. The molecule has 0 bridgehead atoms. The van der Waals surface area contributed by atoms with E-state index >= 15 is 0 Å². The number of nitrogens with one attached hydrogen (secondary N) is 1. The van der Waals surface area contributed by atoms with Crippen molar-refractivity contribution >= 4 is 22.6 Å². The minimum Gasteiger partial charge on any atom is -0.451 e. The number of ether oxygens (including phenoxy) is 1. The molecule has 5 rings (SSSR count). The lowest BCUT2D eigenvalue weighted by Gasteiger charge is -2.13. The largest absolute Gasteiger partial charge is 0.451 e. The molecule has 1 aliphatic heterocycles. The fraction of sp³-hybridized carbons (Fsp3) is 0.160. The fourth-order valence-electron chi connectivity index (χ4n) is 4.46. The number of hydrogen-bond acceptors (Lipinski definition) is 5. The number of nitrogen functional groups attached to an aromatic ring is 1. The predicted molar refractivity (Wildman–Crippen MR) is 127 cm³/mol. The van der Waals surface area contributed by atoms with Gasteiger partial charge >= 0.3 is 0 Å². The van der Waals surface area contributed by atoms with E-state index in [4.69, 9.17) is 10.5 Å². The van der Waals surface area contributed by atoms with Crippen molar-refractivity contribution in [3.8, 4) is 17.2 Å². The van der Waals surface area contributed by atoms with Crippen molar-refractivity contribution in [1.29, 1.82) is 0 Å². The van der Waals surface area contributed by atoms with Crippen molar-refractivity contribution < 1.29 is 18.3 Å². The Morgan fingerprint density at radius 2 is 1.91 bits per heavy atom. The molecule has 35 heavy (non-hydrogen) atoms. The first kappa shape index (κ1) is 22.3. The molecule has 2 aromatic carbocycles. The Hall–Kier alpha value is -4.47. The van der Waals surface area contributed by atoms with Gasteiger partial charge in [0, 0.05) is 30.9 Å². The van der Waals surface area contributed by atoms with Gasteiger partial charge in [-0.05, 0) is 54.5 Å². The Bertz CT molecular complexity index is 1490. The van der Waals surface area contributed by atoms with Crippen molar-refractivity contribution in [2.45, 2.75) is 12.3 Å². The van der Waals surface area contributed by atoms with Crippen molar-refractivity contribution in [2.75, 3.05) is 18.8 Å². The van der Waals surface area contributed by atoms with Crippen LogP contribution in [0.2, 0.25) is 0 Å². The van der Waals surface area contributed by atoms with Gasteiger partial charge in [-0.25, -0.2) is 13.9 Å². The van der Waals surface area contributed by atoms with E-state index in [-0.39, 0.29) is 29.0 Å². The Morgan fingerprint density at radius 3 is 2.60 bits per heavy atom. The highest BCUT2D eigenvalue weighted by atomic mass is 19.1. The second-order valence-corrected chi connectivity index (χ2v) is 8.24. The molecule has 4 aromatic rings. The van der Waals surface area contributed by atoms with E-state index in [1.807, 2.05) is 6.20 Å². The van der Waals surface area contributed by atoms with Crippen LogP contribution in [0.4, 0.5) is 14.6 Å². The zero-order chi connectivity index (χ0) is 24.7. The number of nitrogens with zero attached hydrogens (tertiary/aromatic N) is 3. The van der Waals surface area contributed by atoms with Crippen LogP contribution in [0.15, 0.2) is 66.1 Å². The number of carbonyl (C=O) groups is 1. The Morgan fingerprint density at radius 1 is 1.20 bits per heavy atom. The van der Waals surface area contributed by atoms with Crippen molar-refractivity contribution in [1.82, 2.24) is 19.7 Å². The third-order valence-corrected chi connectivity index (χ3v) is 6.15. The lowest BCUT2D eigenvalue weighted by Crippen LogP contribution is -2.26. The minimum absolute atomic E-state index is 0.0720. The molecule has 1 aliphatic rings. The van der Waals surface area contributed by atoms with E-state index in [9.17, 15) is 18.4 Å². The number of amides is 1. The van der Waals surface area contributed by atoms with Crippen molar-refractivity contribution in [3.05, 3.63) is 88.9 Å². The molecule has 0 saturated carbocycles. The highest BCUT2D eigenvalue weighted by Gasteiger charge is 2.30. The third kappa shape index (κ3) is 3.92. The molecule has 1 atom stereocenters. The van der Waals surface area contributed by atoms with Crippen LogP contribution in [-0.2, 0) is 4.79 Å². The van der Waals surface area contributed by atoms with Crippen molar-refractivity contribution in [3.63, 3.8) is 0 Å². The highest BCUT2D eigenvalue weighted by Crippen LogP contribution is 2.36. The van der Waals surface area contributed by atoms with E-state index in [2.05, 4.69) is 16.8 Å². The summed E-state index contributed by atoms with van der Waals surface area (Å²) < 4.78 is 35.0. The van der Waals surface area contributed by atoms with Crippen LogP contribution in [0, 0.1) is 11.6 Å². The first-order chi connectivity index (χ1) is 16.9. The molecule has 1 saturated heterocycles. The smallest absolute Gasteiger partial charge is 0.274 e. The van der Waals surface area contributed by atoms with Gasteiger partial charge in [0.1, 0.15) is 11.3 Å². The monoisotopic (exact) mass is 477 g/mol. The van der Waals surface area contributed by atoms with Gasteiger partial charge in [0.15, 0.2) is 23.2 Å². The molecule has 3 N–H and O–H groups in total. The van der Waals surface area contributed by atoms with E-state index < -0.39 is 17.4 Å². The number of aromatic nitrogens is 3. The Kier molecular flexibility index (Phi) is 5.56. The molecular formula is C25H21F2N5O3. The quantitative estimate of drug-likeness (QED) is 0.425. The number of halogens is 2. The number of rotatable bonds is 5. The molecule has 1 amide bonds. The van der Waals surface area contributed by atoms with Crippen molar-refractivity contribution in [2.24, 2.45) is 0 Å². The summed E-state index contributed by atoms with van der Waals surface area (Å²) in [6.45, 7) is 4.54. The number of hydrogen-bond donors (Lipinski definition) is 2. The van der Waals surface area contributed by atoms with Crippen LogP contribution in [0.1, 0.15) is 17.9 Å². The number of para-hydroxylation sites is 1. The zero-order valence-electron chi connectivity index (χ0n) is 18.5. The van der Waals surface area contributed by atoms with Gasteiger partial charge in [0.25, 0.3) is 5.56 Å². The third-order valence-electron chi connectivity index (χ3n) is 6.15. The summed E-state index contributed by atoms with van der Waals surface area (Å²) in [5.41, 5.74) is 7.59. The molecule has 0 spiro atoms. The fourth-order valence-corrected chi connectivity index (χ4v) is 4.46. The zero-order valence-corrected chi connectivity index (χ0v) is 18.5. The molecule has 8 nitrogen and oxygen atoms in total. The summed E-state index contributed by atoms with van der Waals surface area (Å²) in [5, 5.41) is 6.75. The maximum atomic E-state index is 13.9. The van der Waals surface area contributed by atoms with E-state index in [1.165, 1.54) is 12.1 Å². The van der Waals surface area contributed by atoms with Gasteiger partial charge in [-0.15, -0.1) is 0 Å². The maximum absolute atomic E-state index is 13.9. The molecule has 1 unspecified atom stereocenters. The number of anilines is 1. The van der Waals surface area contributed by atoms with Crippen LogP contribution < -0.4 is 16.0 Å². The molecule has 3 heterocycles. The van der Waals surface area contributed by atoms with Gasteiger partial charge in [-0.1, -0.05) is 12.6 Å². The Labute approximate surface area is 198 Å². The number of fused-ring (bicyclic) bond motifs is 1. The predicted octanol–water partition coefficient (Wildman–Crippen LogP) is 3.87. The average Bonchev–Trinajstić information content (AvgIpc) is 3.50. The number of aromatic amines is 1. The van der Waals surface area contributed by atoms with Crippen LogP contribution >= 0.6 is 0 Å². The molecule has 2 aromatic heterocycles. The first-order valence-corrected chi connectivity index (χ1v) is 10.9. The topological polar surface area (TPSA) is 106 Å². The average molecular weight is 477 g/mol. The minimum atomic E-state index is -0.811. The summed E-state index contributed by atoms with van der Waals surface area (Å²) >= 11 is 0. The highest BCUT2D eigenvalue weighted by molar-refractivity contribution is 5.92. The molecule has 0 aliphatic carbocycles. The summed E-state index contributed by atoms with van der Waals surface area (Å²) in [6, 6.07) is 9.96. The molecule has 0 radical (unpaired) electrons. The van der Waals surface area contributed by atoms with Gasteiger partial charge < -0.3 is 19.9 Å². The normalized spacial score (nSPS) is 15.5. The summed E-state index contributed by atoms with van der Waals surface area (Å²) in [6.07, 6.45) is 3.77. The SMILES string of the molecule is C=CC(=O)N1CCC(c2cn(-c3ccc(Oc4c(F)cccc4F)cc3)c3c(N)n[nH]c(=O)c23)C1. The number of nitrogens with two attached hydrogens (primary N) is 1. The summed E-state index contributed by atoms with van der Waals surface area (Å²) in [4.78, 5) is 26.5. The molecule has 178 valence electrons.